The third-order valence-electron chi connectivity index (χ3n) is 6.43. The van der Waals surface area contributed by atoms with Crippen molar-refractivity contribution >= 4 is 34.1 Å². The lowest BCUT2D eigenvalue weighted by Gasteiger charge is -2.20. The van der Waals surface area contributed by atoms with Gasteiger partial charge in [-0.2, -0.15) is 20.5 Å². The molecule has 0 fully saturated rings. The molecule has 0 spiro atoms. The van der Waals surface area contributed by atoms with Crippen LogP contribution in [0.3, 0.4) is 0 Å². The molecule has 200 valence electrons. The molecule has 0 heterocycles. The van der Waals surface area contributed by atoms with Crippen LogP contribution < -0.4 is 14.5 Å². The zero-order valence-electron chi connectivity index (χ0n) is 23.2. The van der Waals surface area contributed by atoms with Gasteiger partial charge in [-0.05, 0) is 125 Å². The van der Waals surface area contributed by atoms with Crippen LogP contribution in [0.25, 0.3) is 0 Å². The van der Waals surface area contributed by atoms with Crippen LogP contribution in [0.2, 0.25) is 0 Å². The van der Waals surface area contributed by atoms with E-state index < -0.39 is 0 Å². The molecule has 0 aliphatic carbocycles. The number of benzene rings is 4. The molecule has 0 atom stereocenters. The zero-order chi connectivity index (χ0) is 27.5. The Hall–Kier alpha value is -4.52. The second kappa shape index (κ2) is 13.9. The van der Waals surface area contributed by atoms with Crippen LogP contribution in [0.1, 0.15) is 27.7 Å². The van der Waals surface area contributed by atoms with E-state index in [0.29, 0.717) is 0 Å². The Labute approximate surface area is 231 Å². The number of azo groups is 2. The molecule has 0 aromatic heterocycles. The Balaban J connectivity index is 1.31. The Kier molecular flexibility index (Phi) is 9.78. The summed E-state index contributed by atoms with van der Waals surface area (Å²) in [6.45, 7) is 12.5. The predicted molar refractivity (Wildman–Crippen MR) is 161 cm³/mol. The van der Waals surface area contributed by atoms with Gasteiger partial charge in [0.05, 0.1) is 22.7 Å². The normalized spacial score (nSPS) is 11.3. The van der Waals surface area contributed by atoms with Gasteiger partial charge >= 0.3 is 0 Å². The van der Waals surface area contributed by atoms with Crippen molar-refractivity contribution < 1.29 is 4.74 Å². The van der Waals surface area contributed by atoms with E-state index in [2.05, 4.69) is 82.2 Å². The summed E-state index contributed by atoms with van der Waals surface area (Å²) < 4.78 is 5.97. The number of rotatable bonds is 12. The first-order valence-corrected chi connectivity index (χ1v) is 13.5. The molecule has 4 aromatic carbocycles. The van der Waals surface area contributed by atoms with E-state index in [1.807, 2.05) is 72.8 Å². The van der Waals surface area contributed by atoms with Crippen LogP contribution in [0.15, 0.2) is 118 Å². The van der Waals surface area contributed by atoms with Crippen LogP contribution >= 0.6 is 0 Å². The van der Waals surface area contributed by atoms with Gasteiger partial charge in [-0.15, -0.1) is 0 Å². The first kappa shape index (κ1) is 27.5. The van der Waals surface area contributed by atoms with E-state index in [-0.39, 0.29) is 0 Å². The third-order valence-corrected chi connectivity index (χ3v) is 6.43. The molecule has 0 bridgehead atoms. The zero-order valence-corrected chi connectivity index (χ0v) is 23.2. The lowest BCUT2D eigenvalue weighted by molar-refractivity contribution is 0.483. The molecule has 4 aromatic rings. The van der Waals surface area contributed by atoms with Crippen molar-refractivity contribution in [1.82, 2.24) is 0 Å². The Morgan fingerprint density at radius 1 is 0.410 bits per heavy atom. The standard InChI is InChI=1S/C32H36N6O/c1-5-37(6-2)29-17-9-25(10-18-29)33-35-27-13-21-31(22-14-27)39-32-23-15-28(16-24-32)36-34-26-11-19-30(20-12-26)38(7-3)8-4/h9-24H,5-8H2,1-4H3/b35-33+,36-34+. The molecule has 0 saturated carbocycles. The van der Waals surface area contributed by atoms with Crippen molar-refractivity contribution in [1.29, 1.82) is 0 Å². The van der Waals surface area contributed by atoms with Gasteiger partial charge in [0.1, 0.15) is 11.5 Å². The first-order valence-electron chi connectivity index (χ1n) is 13.5. The molecule has 0 aliphatic heterocycles. The minimum atomic E-state index is 0.722. The van der Waals surface area contributed by atoms with Crippen molar-refractivity contribution in [3.8, 4) is 11.5 Å². The van der Waals surface area contributed by atoms with Crippen LogP contribution in [0.4, 0.5) is 34.1 Å². The summed E-state index contributed by atoms with van der Waals surface area (Å²) in [5, 5.41) is 17.4. The fourth-order valence-corrected chi connectivity index (χ4v) is 4.17. The van der Waals surface area contributed by atoms with Gasteiger partial charge in [0.15, 0.2) is 0 Å². The van der Waals surface area contributed by atoms with Gasteiger partial charge in [0.25, 0.3) is 0 Å². The summed E-state index contributed by atoms with van der Waals surface area (Å²) in [4.78, 5) is 4.59. The highest BCUT2D eigenvalue weighted by Gasteiger charge is 2.03. The highest BCUT2D eigenvalue weighted by atomic mass is 16.5. The average molecular weight is 521 g/mol. The van der Waals surface area contributed by atoms with Crippen molar-refractivity contribution in [3.63, 3.8) is 0 Å². The number of nitrogens with zero attached hydrogens (tertiary/aromatic N) is 6. The lowest BCUT2D eigenvalue weighted by atomic mass is 10.2. The minimum absolute atomic E-state index is 0.722. The topological polar surface area (TPSA) is 65.1 Å². The molecule has 4 rings (SSSR count). The lowest BCUT2D eigenvalue weighted by Crippen LogP contribution is -2.21. The van der Waals surface area contributed by atoms with E-state index in [9.17, 15) is 0 Å². The van der Waals surface area contributed by atoms with Crippen LogP contribution in [-0.2, 0) is 0 Å². The fraction of sp³-hybridized carbons (Fsp3) is 0.250. The fourth-order valence-electron chi connectivity index (χ4n) is 4.17. The van der Waals surface area contributed by atoms with Crippen LogP contribution in [0.5, 0.6) is 11.5 Å². The average Bonchev–Trinajstić information content (AvgIpc) is 2.99. The summed E-state index contributed by atoms with van der Waals surface area (Å²) in [6.07, 6.45) is 0. The molecule has 7 nitrogen and oxygen atoms in total. The second-order valence-corrected chi connectivity index (χ2v) is 8.87. The van der Waals surface area contributed by atoms with E-state index in [0.717, 1.165) is 60.4 Å². The van der Waals surface area contributed by atoms with Gasteiger partial charge in [-0.3, -0.25) is 0 Å². The van der Waals surface area contributed by atoms with Crippen molar-refractivity contribution in [2.24, 2.45) is 20.5 Å². The first-order chi connectivity index (χ1) is 19.1. The largest absolute Gasteiger partial charge is 0.457 e. The van der Waals surface area contributed by atoms with E-state index in [1.54, 1.807) is 0 Å². The van der Waals surface area contributed by atoms with Gasteiger partial charge in [-0.25, -0.2) is 0 Å². The summed E-state index contributed by atoms with van der Waals surface area (Å²) in [5.74, 6) is 1.44. The predicted octanol–water partition coefficient (Wildman–Crippen LogP) is 10.0. The number of hydrogen-bond acceptors (Lipinski definition) is 7. The third kappa shape index (κ3) is 7.74. The van der Waals surface area contributed by atoms with Crippen LogP contribution in [0, 0.1) is 0 Å². The molecular weight excluding hydrogens is 484 g/mol. The number of ether oxygens (including phenoxy) is 1. The molecule has 0 saturated heterocycles. The molecule has 0 amide bonds. The van der Waals surface area contributed by atoms with Crippen molar-refractivity contribution in [2.75, 3.05) is 36.0 Å². The SMILES string of the molecule is CCN(CC)c1ccc(/N=N/c2ccc(Oc3ccc(/N=N/c4ccc(N(CC)CC)cc4)cc3)cc2)cc1. The Morgan fingerprint density at radius 2 is 0.667 bits per heavy atom. The minimum Gasteiger partial charge on any atom is -0.457 e. The molecular formula is C32H36N6O. The molecule has 7 heteroatoms. The Bertz CT molecular complexity index is 1230. The van der Waals surface area contributed by atoms with Gasteiger partial charge < -0.3 is 14.5 Å². The monoisotopic (exact) mass is 520 g/mol. The molecule has 0 unspecified atom stereocenters. The highest BCUT2D eigenvalue weighted by molar-refractivity contribution is 5.54. The molecule has 0 N–H and O–H groups in total. The molecule has 0 radical (unpaired) electrons. The summed E-state index contributed by atoms with van der Waals surface area (Å²) in [6, 6.07) is 31.3. The summed E-state index contributed by atoms with van der Waals surface area (Å²) in [5.41, 5.74) is 5.54. The maximum Gasteiger partial charge on any atom is 0.127 e. The smallest absolute Gasteiger partial charge is 0.127 e. The maximum absolute atomic E-state index is 5.97. The van der Waals surface area contributed by atoms with Gasteiger partial charge in [0, 0.05) is 37.6 Å². The van der Waals surface area contributed by atoms with Crippen molar-refractivity contribution in [2.45, 2.75) is 27.7 Å². The molecule has 0 aliphatic rings. The molecule has 39 heavy (non-hydrogen) atoms. The maximum atomic E-state index is 5.97. The van der Waals surface area contributed by atoms with E-state index in [1.165, 1.54) is 11.4 Å². The number of hydrogen-bond donors (Lipinski definition) is 0. The van der Waals surface area contributed by atoms with E-state index >= 15 is 0 Å². The van der Waals surface area contributed by atoms with Crippen molar-refractivity contribution in [3.05, 3.63) is 97.1 Å². The van der Waals surface area contributed by atoms with E-state index in [4.69, 9.17) is 4.74 Å². The van der Waals surface area contributed by atoms with Gasteiger partial charge in [0.2, 0.25) is 0 Å². The number of anilines is 2. The van der Waals surface area contributed by atoms with Gasteiger partial charge in [-0.1, -0.05) is 0 Å². The Morgan fingerprint density at radius 3 is 0.923 bits per heavy atom. The highest BCUT2D eigenvalue weighted by Crippen LogP contribution is 2.28. The summed E-state index contributed by atoms with van der Waals surface area (Å²) in [7, 11) is 0. The second-order valence-electron chi connectivity index (χ2n) is 8.87. The van der Waals surface area contributed by atoms with Crippen LogP contribution in [-0.4, -0.2) is 26.2 Å². The quantitative estimate of drug-likeness (QED) is 0.175. The summed E-state index contributed by atoms with van der Waals surface area (Å²) >= 11 is 0.